The highest BCUT2D eigenvalue weighted by Crippen LogP contribution is 2.30. The zero-order valence-corrected chi connectivity index (χ0v) is 14.6. The van der Waals surface area contributed by atoms with Gasteiger partial charge in [-0.25, -0.2) is 4.98 Å². The van der Waals surface area contributed by atoms with E-state index in [1.807, 2.05) is 42.2 Å². The van der Waals surface area contributed by atoms with E-state index in [4.69, 9.17) is 11.6 Å². The van der Waals surface area contributed by atoms with Crippen molar-refractivity contribution in [1.82, 2.24) is 25.4 Å². The van der Waals surface area contributed by atoms with Crippen LogP contribution in [-0.4, -0.2) is 52.2 Å². The van der Waals surface area contributed by atoms with E-state index in [0.717, 1.165) is 29.7 Å². The van der Waals surface area contributed by atoms with Gasteiger partial charge in [0.25, 0.3) is 5.91 Å². The van der Waals surface area contributed by atoms with Crippen molar-refractivity contribution in [3.8, 4) is 11.3 Å². The molecule has 3 heterocycles. The Morgan fingerprint density at radius 3 is 2.76 bits per heavy atom. The van der Waals surface area contributed by atoms with Crippen molar-refractivity contribution in [3.05, 3.63) is 46.6 Å². The van der Waals surface area contributed by atoms with Gasteiger partial charge in [-0.15, -0.1) is 0 Å². The van der Waals surface area contributed by atoms with Gasteiger partial charge in [0, 0.05) is 42.5 Å². The molecule has 0 atom stereocenters. The molecule has 1 aliphatic rings. The number of nitrogens with one attached hydrogen (secondary N) is 2. The van der Waals surface area contributed by atoms with Crippen LogP contribution in [0.2, 0.25) is 5.02 Å². The van der Waals surface area contributed by atoms with Crippen LogP contribution in [0.5, 0.6) is 0 Å². The zero-order valence-electron chi connectivity index (χ0n) is 13.8. The molecule has 1 aromatic carbocycles. The minimum atomic E-state index is 0.00621. The van der Waals surface area contributed by atoms with Gasteiger partial charge in [-0.1, -0.05) is 29.8 Å². The van der Waals surface area contributed by atoms with Gasteiger partial charge in [-0.05, 0) is 19.1 Å². The maximum Gasteiger partial charge on any atom is 0.254 e. The molecule has 6 nitrogen and oxygen atoms in total. The predicted molar refractivity (Wildman–Crippen MR) is 97.8 cm³/mol. The third kappa shape index (κ3) is 2.88. The largest absolute Gasteiger partial charge is 0.336 e. The fourth-order valence-corrected chi connectivity index (χ4v) is 3.42. The van der Waals surface area contributed by atoms with Crippen molar-refractivity contribution in [2.24, 2.45) is 0 Å². The van der Waals surface area contributed by atoms with Gasteiger partial charge < -0.3 is 10.2 Å². The van der Waals surface area contributed by atoms with Crippen LogP contribution in [0, 0.1) is 6.92 Å². The van der Waals surface area contributed by atoms with Crippen LogP contribution in [0.25, 0.3) is 22.3 Å². The summed E-state index contributed by atoms with van der Waals surface area (Å²) in [6.07, 6.45) is 0. The highest BCUT2D eigenvalue weighted by atomic mass is 35.5. The minimum absolute atomic E-state index is 0.00621. The monoisotopic (exact) mass is 355 g/mol. The number of hydrogen-bond donors (Lipinski definition) is 2. The molecule has 7 heteroatoms. The van der Waals surface area contributed by atoms with E-state index < -0.39 is 0 Å². The highest BCUT2D eigenvalue weighted by Gasteiger charge is 2.23. The normalized spacial score (nSPS) is 14.9. The van der Waals surface area contributed by atoms with E-state index in [9.17, 15) is 4.79 Å². The Morgan fingerprint density at radius 2 is 2.00 bits per heavy atom. The summed E-state index contributed by atoms with van der Waals surface area (Å²) in [5, 5.41) is 11.8. The molecule has 0 aliphatic carbocycles. The number of aromatic amines is 1. The number of carbonyl (C=O) groups excluding carboxylic acids is 1. The number of aromatic nitrogens is 3. The fourth-order valence-electron chi connectivity index (χ4n) is 3.19. The molecule has 4 rings (SSSR count). The first-order chi connectivity index (χ1) is 12.1. The second kappa shape index (κ2) is 6.46. The maximum atomic E-state index is 13.1. The van der Waals surface area contributed by atoms with Crippen molar-refractivity contribution in [3.63, 3.8) is 0 Å². The van der Waals surface area contributed by atoms with Crippen molar-refractivity contribution in [1.29, 1.82) is 0 Å². The standard InChI is InChI=1S/C18H18ClN5O/c1-11-16-13(18(25)24-8-6-20-7-9-24)10-15(21-17(16)23-22-11)12-4-2-3-5-14(12)19/h2-5,10,20H,6-9H2,1H3,(H,21,22,23). The Bertz CT molecular complexity index is 946. The molecule has 25 heavy (non-hydrogen) atoms. The third-order valence-electron chi connectivity index (χ3n) is 4.49. The first-order valence-corrected chi connectivity index (χ1v) is 8.63. The Hall–Kier alpha value is -2.44. The van der Waals surface area contributed by atoms with Gasteiger partial charge in [0.05, 0.1) is 16.6 Å². The molecule has 2 N–H and O–H groups in total. The maximum absolute atomic E-state index is 13.1. The van der Waals surface area contributed by atoms with Gasteiger partial charge in [0.2, 0.25) is 0 Å². The lowest BCUT2D eigenvalue weighted by Crippen LogP contribution is -2.46. The molecule has 0 saturated carbocycles. The Morgan fingerprint density at radius 1 is 1.24 bits per heavy atom. The number of fused-ring (bicyclic) bond motifs is 1. The minimum Gasteiger partial charge on any atom is -0.336 e. The van der Waals surface area contributed by atoms with E-state index >= 15 is 0 Å². The summed E-state index contributed by atoms with van der Waals surface area (Å²) >= 11 is 6.32. The summed E-state index contributed by atoms with van der Waals surface area (Å²) < 4.78 is 0. The summed E-state index contributed by atoms with van der Waals surface area (Å²) in [6, 6.07) is 9.32. The summed E-state index contributed by atoms with van der Waals surface area (Å²) in [5.41, 5.74) is 3.44. The SMILES string of the molecule is Cc1[nH]nc2nc(-c3ccccc3Cl)cc(C(=O)N3CCNCC3)c12. The first-order valence-electron chi connectivity index (χ1n) is 8.26. The van der Waals surface area contributed by atoms with E-state index in [2.05, 4.69) is 20.5 Å². The van der Waals surface area contributed by atoms with E-state index in [0.29, 0.717) is 35.0 Å². The van der Waals surface area contributed by atoms with Crippen LogP contribution in [0.1, 0.15) is 16.1 Å². The Kier molecular flexibility index (Phi) is 4.15. The van der Waals surface area contributed by atoms with Crippen molar-refractivity contribution >= 4 is 28.5 Å². The number of benzene rings is 1. The zero-order chi connectivity index (χ0) is 17.4. The molecule has 0 spiro atoms. The lowest BCUT2D eigenvalue weighted by Gasteiger charge is -2.27. The van der Waals surface area contributed by atoms with Gasteiger partial charge in [0.15, 0.2) is 5.65 Å². The van der Waals surface area contributed by atoms with Crippen LogP contribution in [0.15, 0.2) is 30.3 Å². The highest BCUT2D eigenvalue weighted by molar-refractivity contribution is 6.33. The van der Waals surface area contributed by atoms with E-state index in [1.54, 1.807) is 0 Å². The molecule has 0 bridgehead atoms. The molecular weight excluding hydrogens is 338 g/mol. The number of H-pyrrole nitrogens is 1. The number of aryl methyl sites for hydroxylation is 1. The topological polar surface area (TPSA) is 73.9 Å². The number of pyridine rings is 1. The molecule has 128 valence electrons. The second-order valence-corrected chi connectivity index (χ2v) is 6.53. The Labute approximate surface area is 150 Å². The summed E-state index contributed by atoms with van der Waals surface area (Å²) in [7, 11) is 0. The van der Waals surface area contributed by atoms with Crippen LogP contribution in [0.3, 0.4) is 0 Å². The number of piperazine rings is 1. The average molecular weight is 356 g/mol. The van der Waals surface area contributed by atoms with Crippen molar-refractivity contribution in [2.75, 3.05) is 26.2 Å². The predicted octanol–water partition coefficient (Wildman–Crippen LogP) is 2.63. The van der Waals surface area contributed by atoms with Crippen LogP contribution < -0.4 is 5.32 Å². The molecule has 2 aromatic heterocycles. The van der Waals surface area contributed by atoms with E-state index in [1.165, 1.54) is 0 Å². The quantitative estimate of drug-likeness (QED) is 0.741. The summed E-state index contributed by atoms with van der Waals surface area (Å²) in [5.74, 6) is 0.00621. The van der Waals surface area contributed by atoms with Crippen molar-refractivity contribution in [2.45, 2.75) is 6.92 Å². The lowest BCUT2D eigenvalue weighted by molar-refractivity contribution is 0.0737. The number of amides is 1. The fraction of sp³-hybridized carbons (Fsp3) is 0.278. The smallest absolute Gasteiger partial charge is 0.254 e. The molecule has 0 unspecified atom stereocenters. The lowest BCUT2D eigenvalue weighted by atomic mass is 10.0. The Balaban J connectivity index is 1.88. The van der Waals surface area contributed by atoms with Gasteiger partial charge in [-0.3, -0.25) is 9.89 Å². The van der Waals surface area contributed by atoms with E-state index in [-0.39, 0.29) is 5.91 Å². The molecule has 1 amide bonds. The van der Waals surface area contributed by atoms with Gasteiger partial charge in [0.1, 0.15) is 0 Å². The molecule has 1 fully saturated rings. The van der Waals surface area contributed by atoms with Gasteiger partial charge in [-0.2, -0.15) is 5.10 Å². The summed E-state index contributed by atoms with van der Waals surface area (Å²) in [4.78, 5) is 19.6. The number of hydrogen-bond acceptors (Lipinski definition) is 4. The summed E-state index contributed by atoms with van der Waals surface area (Å²) in [6.45, 7) is 4.91. The molecular formula is C18H18ClN5O. The number of rotatable bonds is 2. The molecule has 1 aliphatic heterocycles. The van der Waals surface area contributed by atoms with Crippen molar-refractivity contribution < 1.29 is 4.79 Å². The van der Waals surface area contributed by atoms with Crippen LogP contribution in [-0.2, 0) is 0 Å². The molecule has 0 radical (unpaired) electrons. The second-order valence-electron chi connectivity index (χ2n) is 6.12. The van der Waals surface area contributed by atoms with Crippen LogP contribution >= 0.6 is 11.6 Å². The molecule has 1 saturated heterocycles. The number of carbonyl (C=O) groups is 1. The van der Waals surface area contributed by atoms with Crippen LogP contribution in [0.4, 0.5) is 0 Å². The third-order valence-corrected chi connectivity index (χ3v) is 4.82. The number of halogens is 1. The number of nitrogens with zero attached hydrogens (tertiary/aromatic N) is 3. The first kappa shape index (κ1) is 16.1. The molecule has 3 aromatic rings. The average Bonchev–Trinajstić information content (AvgIpc) is 3.02. The van der Waals surface area contributed by atoms with Gasteiger partial charge >= 0.3 is 0 Å².